The standard InChI is InChI=1S/C17H35N3/c1-14(2)18-12-16-6-5-9-20(13-16)17-7-10-19(11-8-17)15(3)4/h14-18H,5-13H2,1-4H3. The molecule has 3 heteroatoms. The van der Waals surface area contributed by atoms with Gasteiger partial charge in [-0.2, -0.15) is 0 Å². The molecule has 2 rings (SSSR count). The van der Waals surface area contributed by atoms with Crippen LogP contribution in [0.2, 0.25) is 0 Å². The van der Waals surface area contributed by atoms with Crippen molar-refractivity contribution in [3.8, 4) is 0 Å². The summed E-state index contributed by atoms with van der Waals surface area (Å²) in [5.74, 6) is 0.870. The first-order chi connectivity index (χ1) is 9.56. The third-order valence-corrected chi connectivity index (χ3v) is 5.11. The molecule has 2 fully saturated rings. The number of piperidine rings is 2. The average molecular weight is 281 g/mol. The predicted octanol–water partition coefficient (Wildman–Crippen LogP) is 2.57. The molecule has 2 aliphatic rings. The topological polar surface area (TPSA) is 18.5 Å². The van der Waals surface area contributed by atoms with E-state index in [0.717, 1.165) is 18.0 Å². The Labute approximate surface area is 126 Å². The molecular weight excluding hydrogens is 246 g/mol. The quantitative estimate of drug-likeness (QED) is 0.835. The van der Waals surface area contributed by atoms with E-state index < -0.39 is 0 Å². The Balaban J connectivity index is 1.75. The molecule has 1 N–H and O–H groups in total. The second-order valence-electron chi connectivity index (χ2n) is 7.43. The second-order valence-corrected chi connectivity index (χ2v) is 7.43. The first kappa shape index (κ1) is 16.3. The normalized spacial score (nSPS) is 27.6. The zero-order valence-corrected chi connectivity index (χ0v) is 14.1. The molecule has 2 saturated heterocycles. The Bertz CT molecular complexity index is 269. The summed E-state index contributed by atoms with van der Waals surface area (Å²) in [6.07, 6.45) is 5.57. The smallest absolute Gasteiger partial charge is 0.0120 e. The van der Waals surface area contributed by atoms with Gasteiger partial charge in [-0.15, -0.1) is 0 Å². The second kappa shape index (κ2) is 7.77. The van der Waals surface area contributed by atoms with Crippen molar-refractivity contribution in [1.82, 2.24) is 15.1 Å². The van der Waals surface area contributed by atoms with Gasteiger partial charge in [0.05, 0.1) is 0 Å². The highest BCUT2D eigenvalue weighted by atomic mass is 15.2. The molecule has 2 aliphatic heterocycles. The fourth-order valence-corrected chi connectivity index (χ4v) is 3.77. The Morgan fingerprint density at radius 2 is 1.70 bits per heavy atom. The molecule has 0 aromatic carbocycles. The molecular formula is C17H35N3. The maximum atomic E-state index is 3.63. The van der Waals surface area contributed by atoms with Crippen LogP contribution < -0.4 is 5.32 Å². The molecule has 2 heterocycles. The van der Waals surface area contributed by atoms with E-state index in [-0.39, 0.29) is 0 Å². The maximum absolute atomic E-state index is 3.63. The van der Waals surface area contributed by atoms with Gasteiger partial charge in [0.15, 0.2) is 0 Å². The van der Waals surface area contributed by atoms with Crippen LogP contribution in [0.1, 0.15) is 53.4 Å². The number of hydrogen-bond acceptors (Lipinski definition) is 3. The van der Waals surface area contributed by atoms with Crippen LogP contribution in [0.15, 0.2) is 0 Å². The van der Waals surface area contributed by atoms with Crippen molar-refractivity contribution < 1.29 is 0 Å². The Hall–Kier alpha value is -0.120. The molecule has 0 saturated carbocycles. The minimum Gasteiger partial charge on any atom is -0.314 e. The van der Waals surface area contributed by atoms with Crippen LogP contribution in [-0.2, 0) is 0 Å². The first-order valence-electron chi connectivity index (χ1n) is 8.77. The van der Waals surface area contributed by atoms with E-state index in [9.17, 15) is 0 Å². The Kier molecular flexibility index (Phi) is 6.31. The molecule has 0 radical (unpaired) electrons. The van der Waals surface area contributed by atoms with E-state index in [4.69, 9.17) is 0 Å². The van der Waals surface area contributed by atoms with Crippen LogP contribution in [-0.4, -0.2) is 60.6 Å². The molecule has 0 aromatic heterocycles. The van der Waals surface area contributed by atoms with Gasteiger partial charge in [0, 0.05) is 24.7 Å². The monoisotopic (exact) mass is 281 g/mol. The van der Waals surface area contributed by atoms with Gasteiger partial charge in [0.25, 0.3) is 0 Å². The summed E-state index contributed by atoms with van der Waals surface area (Å²) in [6.45, 7) is 15.6. The lowest BCUT2D eigenvalue weighted by Gasteiger charge is -2.43. The summed E-state index contributed by atoms with van der Waals surface area (Å²) in [5, 5.41) is 3.63. The molecule has 0 aliphatic carbocycles. The predicted molar refractivity (Wildman–Crippen MR) is 87.2 cm³/mol. The zero-order chi connectivity index (χ0) is 14.5. The van der Waals surface area contributed by atoms with Crippen molar-refractivity contribution in [3.05, 3.63) is 0 Å². The van der Waals surface area contributed by atoms with Gasteiger partial charge in [0.2, 0.25) is 0 Å². The largest absolute Gasteiger partial charge is 0.314 e. The molecule has 3 nitrogen and oxygen atoms in total. The van der Waals surface area contributed by atoms with Gasteiger partial charge in [-0.25, -0.2) is 0 Å². The van der Waals surface area contributed by atoms with Gasteiger partial charge in [0.1, 0.15) is 0 Å². The lowest BCUT2D eigenvalue weighted by molar-refractivity contribution is 0.0615. The number of nitrogens with one attached hydrogen (secondary N) is 1. The van der Waals surface area contributed by atoms with Crippen molar-refractivity contribution in [1.29, 1.82) is 0 Å². The van der Waals surface area contributed by atoms with Crippen LogP contribution in [0.4, 0.5) is 0 Å². The first-order valence-corrected chi connectivity index (χ1v) is 8.77. The van der Waals surface area contributed by atoms with Crippen LogP contribution in [0, 0.1) is 5.92 Å². The highest BCUT2D eigenvalue weighted by Crippen LogP contribution is 2.24. The van der Waals surface area contributed by atoms with Gasteiger partial charge < -0.3 is 10.2 Å². The summed E-state index contributed by atoms with van der Waals surface area (Å²) in [6, 6.07) is 2.20. The van der Waals surface area contributed by atoms with Crippen LogP contribution in [0.5, 0.6) is 0 Å². The summed E-state index contributed by atoms with van der Waals surface area (Å²) in [5.41, 5.74) is 0. The van der Waals surface area contributed by atoms with E-state index in [1.54, 1.807) is 0 Å². The Morgan fingerprint density at radius 3 is 2.30 bits per heavy atom. The number of likely N-dealkylation sites (tertiary alicyclic amines) is 2. The summed E-state index contributed by atoms with van der Waals surface area (Å²) < 4.78 is 0. The van der Waals surface area contributed by atoms with Gasteiger partial charge in [-0.05, 0) is 71.6 Å². The minimum atomic E-state index is 0.625. The summed E-state index contributed by atoms with van der Waals surface area (Å²) >= 11 is 0. The molecule has 118 valence electrons. The van der Waals surface area contributed by atoms with Crippen LogP contribution >= 0.6 is 0 Å². The average Bonchev–Trinajstić information content (AvgIpc) is 2.45. The molecule has 1 atom stereocenters. The summed E-state index contributed by atoms with van der Waals surface area (Å²) in [7, 11) is 0. The maximum Gasteiger partial charge on any atom is 0.0120 e. The number of hydrogen-bond donors (Lipinski definition) is 1. The van der Waals surface area contributed by atoms with Gasteiger partial charge in [-0.3, -0.25) is 4.90 Å². The molecule has 0 aromatic rings. The molecule has 0 bridgehead atoms. The van der Waals surface area contributed by atoms with Crippen LogP contribution in [0.25, 0.3) is 0 Å². The van der Waals surface area contributed by atoms with Crippen molar-refractivity contribution in [2.24, 2.45) is 5.92 Å². The van der Waals surface area contributed by atoms with E-state index in [2.05, 4.69) is 42.8 Å². The van der Waals surface area contributed by atoms with Crippen LogP contribution in [0.3, 0.4) is 0 Å². The lowest BCUT2D eigenvalue weighted by atomic mass is 9.93. The Morgan fingerprint density at radius 1 is 1.00 bits per heavy atom. The molecule has 1 unspecified atom stereocenters. The van der Waals surface area contributed by atoms with Crippen molar-refractivity contribution in [3.63, 3.8) is 0 Å². The lowest BCUT2D eigenvalue weighted by Crippen LogP contribution is -2.50. The SMILES string of the molecule is CC(C)NCC1CCCN(C2CCN(C(C)C)CC2)C1. The summed E-state index contributed by atoms with van der Waals surface area (Å²) in [4.78, 5) is 5.44. The van der Waals surface area contributed by atoms with Gasteiger partial charge in [-0.1, -0.05) is 13.8 Å². The van der Waals surface area contributed by atoms with Crippen molar-refractivity contribution in [2.75, 3.05) is 32.7 Å². The van der Waals surface area contributed by atoms with E-state index in [1.165, 1.54) is 58.4 Å². The fraction of sp³-hybridized carbons (Fsp3) is 1.00. The molecule has 0 spiro atoms. The third-order valence-electron chi connectivity index (χ3n) is 5.11. The van der Waals surface area contributed by atoms with E-state index in [0.29, 0.717) is 6.04 Å². The van der Waals surface area contributed by atoms with E-state index in [1.807, 2.05) is 0 Å². The number of rotatable bonds is 5. The highest BCUT2D eigenvalue weighted by Gasteiger charge is 2.29. The van der Waals surface area contributed by atoms with Crippen molar-refractivity contribution in [2.45, 2.75) is 71.5 Å². The van der Waals surface area contributed by atoms with Crippen molar-refractivity contribution >= 4 is 0 Å². The number of nitrogens with zero attached hydrogens (tertiary/aromatic N) is 2. The molecule has 0 amide bonds. The van der Waals surface area contributed by atoms with Gasteiger partial charge >= 0.3 is 0 Å². The highest BCUT2D eigenvalue weighted by molar-refractivity contribution is 4.85. The third kappa shape index (κ3) is 4.71. The minimum absolute atomic E-state index is 0.625. The van der Waals surface area contributed by atoms with E-state index >= 15 is 0 Å². The zero-order valence-electron chi connectivity index (χ0n) is 14.1. The fourth-order valence-electron chi connectivity index (χ4n) is 3.77. The molecule has 20 heavy (non-hydrogen) atoms.